The number of aromatic nitrogens is 2. The second-order valence-electron chi connectivity index (χ2n) is 4.85. The van der Waals surface area contributed by atoms with Crippen LogP contribution in [0, 0.1) is 10.1 Å². The highest BCUT2D eigenvalue weighted by Crippen LogP contribution is 2.22. The molecule has 1 aromatic heterocycles. The van der Waals surface area contributed by atoms with E-state index in [-0.39, 0.29) is 11.3 Å². The minimum Gasteiger partial charge on any atom is -0.319 e. The van der Waals surface area contributed by atoms with E-state index in [1.54, 1.807) is 30.5 Å². The van der Waals surface area contributed by atoms with E-state index in [0.717, 1.165) is 0 Å². The first-order chi connectivity index (χ1) is 11.6. The monoisotopic (exact) mass is 342 g/mol. The summed E-state index contributed by atoms with van der Waals surface area (Å²) in [6, 6.07) is 12.9. The molecule has 3 aromatic rings. The lowest BCUT2D eigenvalue weighted by atomic mass is 10.1. The van der Waals surface area contributed by atoms with Crippen LogP contribution in [0.1, 0.15) is 10.4 Å². The Bertz CT molecular complexity index is 923. The first-order valence-electron chi connectivity index (χ1n) is 6.90. The number of nitro benzene ring substituents is 1. The van der Waals surface area contributed by atoms with Gasteiger partial charge in [0, 0.05) is 6.07 Å². The fraction of sp³-hybridized carbons (Fsp3) is 0. The Kier molecular flexibility index (Phi) is 4.26. The molecule has 0 atom stereocenters. The maximum absolute atomic E-state index is 12.3. The third-order valence-electron chi connectivity index (χ3n) is 3.29. The van der Waals surface area contributed by atoms with Crippen molar-refractivity contribution in [2.45, 2.75) is 0 Å². The molecule has 1 heterocycles. The van der Waals surface area contributed by atoms with Crippen LogP contribution < -0.4 is 5.32 Å². The number of para-hydroxylation sites is 2. The Balaban J connectivity index is 1.84. The van der Waals surface area contributed by atoms with Gasteiger partial charge in [0.2, 0.25) is 0 Å². The van der Waals surface area contributed by atoms with Crippen molar-refractivity contribution in [1.82, 2.24) is 9.78 Å². The fourth-order valence-corrected chi connectivity index (χ4v) is 2.40. The minimum atomic E-state index is -0.595. The van der Waals surface area contributed by atoms with Gasteiger partial charge in [-0.15, -0.1) is 0 Å². The van der Waals surface area contributed by atoms with Gasteiger partial charge in [-0.05, 0) is 18.2 Å². The van der Waals surface area contributed by atoms with Gasteiger partial charge >= 0.3 is 0 Å². The molecule has 0 aliphatic rings. The molecular formula is C16H11ClN4O3. The van der Waals surface area contributed by atoms with Crippen LogP contribution in [-0.2, 0) is 0 Å². The second kappa shape index (κ2) is 6.51. The summed E-state index contributed by atoms with van der Waals surface area (Å²) < 4.78 is 1.51. The maximum Gasteiger partial charge on any atom is 0.282 e. The standard InChI is InChI=1S/C16H11ClN4O3/c17-13-6-2-4-8-15(13)20-10-11(9-18-20)19-16(22)12-5-1-3-7-14(12)21(23)24/h1-10H,(H,19,22). The Morgan fingerprint density at radius 2 is 1.88 bits per heavy atom. The summed E-state index contributed by atoms with van der Waals surface area (Å²) in [4.78, 5) is 22.7. The lowest BCUT2D eigenvalue weighted by Crippen LogP contribution is -2.13. The topological polar surface area (TPSA) is 90.1 Å². The maximum atomic E-state index is 12.3. The largest absolute Gasteiger partial charge is 0.319 e. The highest BCUT2D eigenvalue weighted by atomic mass is 35.5. The van der Waals surface area contributed by atoms with E-state index < -0.39 is 10.8 Å². The van der Waals surface area contributed by atoms with E-state index in [1.165, 1.54) is 29.1 Å². The number of nitrogens with zero attached hydrogens (tertiary/aromatic N) is 3. The summed E-state index contributed by atoms with van der Waals surface area (Å²) in [5, 5.41) is 18.2. The highest BCUT2D eigenvalue weighted by molar-refractivity contribution is 6.32. The first kappa shape index (κ1) is 15.7. The first-order valence-corrected chi connectivity index (χ1v) is 7.28. The summed E-state index contributed by atoms with van der Waals surface area (Å²) in [6.45, 7) is 0. The molecule has 7 nitrogen and oxygen atoms in total. The lowest BCUT2D eigenvalue weighted by molar-refractivity contribution is -0.385. The Hall–Kier alpha value is -3.19. The Morgan fingerprint density at radius 1 is 1.17 bits per heavy atom. The van der Waals surface area contributed by atoms with E-state index in [9.17, 15) is 14.9 Å². The van der Waals surface area contributed by atoms with Crippen LogP contribution in [0.15, 0.2) is 60.9 Å². The van der Waals surface area contributed by atoms with Gasteiger partial charge in [0.05, 0.1) is 33.7 Å². The molecule has 0 saturated heterocycles. The number of hydrogen-bond donors (Lipinski definition) is 1. The molecule has 2 aromatic carbocycles. The average molecular weight is 343 g/mol. The predicted octanol–water partition coefficient (Wildman–Crippen LogP) is 3.69. The van der Waals surface area contributed by atoms with Crippen LogP contribution in [0.5, 0.6) is 0 Å². The molecule has 0 bridgehead atoms. The number of carbonyl (C=O) groups excluding carboxylic acids is 1. The van der Waals surface area contributed by atoms with Crippen LogP contribution in [0.4, 0.5) is 11.4 Å². The number of amides is 1. The van der Waals surface area contributed by atoms with E-state index in [1.807, 2.05) is 6.07 Å². The van der Waals surface area contributed by atoms with E-state index >= 15 is 0 Å². The summed E-state index contributed by atoms with van der Waals surface area (Å²) >= 11 is 6.10. The summed E-state index contributed by atoms with van der Waals surface area (Å²) in [6.07, 6.45) is 3.02. The van der Waals surface area contributed by atoms with Crippen molar-refractivity contribution >= 4 is 28.9 Å². The quantitative estimate of drug-likeness (QED) is 0.578. The number of carbonyl (C=O) groups is 1. The molecule has 1 N–H and O–H groups in total. The van der Waals surface area contributed by atoms with Gasteiger partial charge in [-0.3, -0.25) is 14.9 Å². The summed E-state index contributed by atoms with van der Waals surface area (Å²) in [5.74, 6) is -0.582. The molecule has 1 amide bonds. The third-order valence-corrected chi connectivity index (χ3v) is 3.60. The van der Waals surface area contributed by atoms with Crippen LogP contribution in [-0.4, -0.2) is 20.6 Å². The molecule has 0 unspecified atom stereocenters. The second-order valence-corrected chi connectivity index (χ2v) is 5.26. The SMILES string of the molecule is O=C(Nc1cnn(-c2ccccc2Cl)c1)c1ccccc1[N+](=O)[O-]. The summed E-state index contributed by atoms with van der Waals surface area (Å²) in [5.41, 5.74) is 0.782. The van der Waals surface area contributed by atoms with Gasteiger partial charge in [0.1, 0.15) is 5.56 Å². The molecule has 8 heteroatoms. The molecule has 0 fully saturated rings. The van der Waals surface area contributed by atoms with Gasteiger partial charge < -0.3 is 5.32 Å². The number of nitrogens with one attached hydrogen (secondary N) is 1. The Morgan fingerprint density at radius 3 is 2.62 bits per heavy atom. The van der Waals surface area contributed by atoms with Crippen molar-refractivity contribution in [1.29, 1.82) is 0 Å². The molecular weight excluding hydrogens is 332 g/mol. The van der Waals surface area contributed by atoms with Crippen molar-refractivity contribution < 1.29 is 9.72 Å². The summed E-state index contributed by atoms with van der Waals surface area (Å²) in [7, 11) is 0. The molecule has 24 heavy (non-hydrogen) atoms. The minimum absolute atomic E-state index is 0.0204. The lowest BCUT2D eigenvalue weighted by Gasteiger charge is -2.04. The molecule has 0 spiro atoms. The number of nitro groups is 1. The van der Waals surface area contributed by atoms with Gasteiger partial charge in [0.25, 0.3) is 11.6 Å². The van der Waals surface area contributed by atoms with Crippen molar-refractivity contribution in [2.75, 3.05) is 5.32 Å². The molecule has 3 rings (SSSR count). The molecule has 0 saturated carbocycles. The molecule has 0 aliphatic carbocycles. The van der Waals surface area contributed by atoms with Gasteiger partial charge in [-0.2, -0.15) is 5.10 Å². The van der Waals surface area contributed by atoms with Gasteiger partial charge in [0.15, 0.2) is 0 Å². The molecule has 0 aliphatic heterocycles. The number of rotatable bonds is 4. The van der Waals surface area contributed by atoms with Gasteiger partial charge in [-0.1, -0.05) is 35.9 Å². The van der Waals surface area contributed by atoms with Crippen LogP contribution in [0.3, 0.4) is 0 Å². The van der Waals surface area contributed by atoms with Crippen molar-refractivity contribution in [3.05, 3.63) is 81.6 Å². The smallest absolute Gasteiger partial charge is 0.282 e. The fourth-order valence-electron chi connectivity index (χ4n) is 2.18. The normalized spacial score (nSPS) is 10.4. The Labute approximate surface area is 141 Å². The van der Waals surface area contributed by atoms with E-state index in [4.69, 9.17) is 11.6 Å². The van der Waals surface area contributed by atoms with Crippen molar-refractivity contribution in [3.63, 3.8) is 0 Å². The average Bonchev–Trinajstić information content (AvgIpc) is 3.03. The molecule has 120 valence electrons. The zero-order valence-electron chi connectivity index (χ0n) is 12.2. The van der Waals surface area contributed by atoms with Crippen LogP contribution in [0.25, 0.3) is 5.69 Å². The van der Waals surface area contributed by atoms with Crippen molar-refractivity contribution in [2.24, 2.45) is 0 Å². The number of benzene rings is 2. The predicted molar refractivity (Wildman–Crippen MR) is 89.6 cm³/mol. The van der Waals surface area contributed by atoms with Crippen LogP contribution in [0.2, 0.25) is 5.02 Å². The van der Waals surface area contributed by atoms with E-state index in [2.05, 4.69) is 10.4 Å². The third kappa shape index (κ3) is 3.11. The van der Waals surface area contributed by atoms with Crippen LogP contribution >= 0.6 is 11.6 Å². The number of anilines is 1. The highest BCUT2D eigenvalue weighted by Gasteiger charge is 2.19. The number of hydrogen-bond acceptors (Lipinski definition) is 4. The van der Waals surface area contributed by atoms with Crippen molar-refractivity contribution in [3.8, 4) is 5.69 Å². The van der Waals surface area contributed by atoms with E-state index in [0.29, 0.717) is 16.4 Å². The van der Waals surface area contributed by atoms with Gasteiger partial charge in [-0.25, -0.2) is 4.68 Å². The number of halogens is 1. The zero-order valence-corrected chi connectivity index (χ0v) is 13.0. The molecule has 0 radical (unpaired) electrons. The zero-order chi connectivity index (χ0) is 17.1.